The van der Waals surface area contributed by atoms with Crippen LogP contribution >= 0.6 is 15.9 Å². The van der Waals surface area contributed by atoms with Gasteiger partial charge in [-0.05, 0) is 46.8 Å². The van der Waals surface area contributed by atoms with Crippen molar-refractivity contribution in [3.05, 3.63) is 22.2 Å². The van der Waals surface area contributed by atoms with Crippen LogP contribution in [-0.2, 0) is 4.79 Å². The number of nitrogens with zero attached hydrogens (tertiary/aromatic N) is 1. The van der Waals surface area contributed by atoms with Crippen LogP contribution in [-0.4, -0.2) is 47.7 Å². The number of halogens is 1. The summed E-state index contributed by atoms with van der Waals surface area (Å²) < 4.78 is 11.7. The number of ether oxygens (including phenoxy) is 2. The van der Waals surface area contributed by atoms with Crippen LogP contribution in [0.1, 0.15) is 30.1 Å². The van der Waals surface area contributed by atoms with Gasteiger partial charge in [0.2, 0.25) is 0 Å². The number of carbonyl (C=O) groups is 2. The zero-order chi connectivity index (χ0) is 16.6. The van der Waals surface area contributed by atoms with E-state index in [4.69, 9.17) is 9.47 Å². The van der Waals surface area contributed by atoms with Crippen LogP contribution < -0.4 is 9.47 Å². The number of carboxylic acids is 1. The smallest absolute Gasteiger partial charge is 0.326 e. The van der Waals surface area contributed by atoms with E-state index >= 15 is 0 Å². The molecule has 1 N–H and O–H groups in total. The van der Waals surface area contributed by atoms with Crippen molar-refractivity contribution in [2.45, 2.75) is 25.8 Å². The fourth-order valence-electron chi connectivity index (χ4n) is 3.02. The predicted molar refractivity (Wildman–Crippen MR) is 86.0 cm³/mol. The Bertz CT molecular complexity index is 648. The minimum Gasteiger partial charge on any atom is -0.486 e. The number of carbonyl (C=O) groups excluding carboxylic acids is 1. The molecule has 6 nitrogen and oxygen atoms in total. The molecule has 0 radical (unpaired) electrons. The van der Waals surface area contributed by atoms with E-state index in [-0.39, 0.29) is 5.91 Å². The Morgan fingerprint density at radius 2 is 2.04 bits per heavy atom. The highest BCUT2D eigenvalue weighted by Crippen LogP contribution is 2.39. The lowest BCUT2D eigenvalue weighted by atomic mass is 9.92. The van der Waals surface area contributed by atoms with Crippen LogP contribution in [0, 0.1) is 5.92 Å². The Hall–Kier alpha value is -1.76. The number of aliphatic carboxylic acids is 1. The average Bonchev–Trinajstić information content (AvgIpc) is 2.54. The molecule has 0 aromatic heterocycles. The van der Waals surface area contributed by atoms with E-state index < -0.39 is 12.0 Å². The van der Waals surface area contributed by atoms with Crippen LogP contribution in [0.4, 0.5) is 0 Å². The van der Waals surface area contributed by atoms with Gasteiger partial charge in [0.05, 0.1) is 4.47 Å². The lowest BCUT2D eigenvalue weighted by Crippen LogP contribution is -2.49. The molecule has 0 bridgehead atoms. The lowest BCUT2D eigenvalue weighted by Gasteiger charge is -2.36. The number of hydrogen-bond donors (Lipinski definition) is 1. The zero-order valence-corrected chi connectivity index (χ0v) is 14.3. The fourth-order valence-corrected chi connectivity index (χ4v) is 3.58. The third kappa shape index (κ3) is 3.15. The molecule has 1 aromatic rings. The lowest BCUT2D eigenvalue weighted by molar-refractivity contribution is -0.144. The summed E-state index contributed by atoms with van der Waals surface area (Å²) in [6, 6.07) is 2.50. The Morgan fingerprint density at radius 1 is 1.30 bits per heavy atom. The summed E-state index contributed by atoms with van der Waals surface area (Å²) in [7, 11) is 0. The molecular formula is C16H18BrNO5. The van der Waals surface area contributed by atoms with Gasteiger partial charge in [-0.2, -0.15) is 0 Å². The highest BCUT2D eigenvalue weighted by molar-refractivity contribution is 9.10. The number of rotatable bonds is 2. The summed E-state index contributed by atoms with van der Waals surface area (Å²) in [4.78, 5) is 25.7. The molecule has 2 aliphatic rings. The van der Waals surface area contributed by atoms with Crippen molar-refractivity contribution in [2.75, 3.05) is 19.8 Å². The molecule has 1 amide bonds. The maximum atomic E-state index is 12.8. The summed E-state index contributed by atoms with van der Waals surface area (Å²) in [6.45, 7) is 3.35. The maximum Gasteiger partial charge on any atom is 0.326 e. The molecule has 7 heteroatoms. The molecule has 2 unspecified atom stereocenters. The van der Waals surface area contributed by atoms with Crippen molar-refractivity contribution in [2.24, 2.45) is 5.92 Å². The van der Waals surface area contributed by atoms with E-state index in [1.807, 2.05) is 6.92 Å². The second-order valence-electron chi connectivity index (χ2n) is 5.96. The Balaban J connectivity index is 1.90. The Kier molecular flexibility index (Phi) is 4.48. The summed E-state index contributed by atoms with van der Waals surface area (Å²) in [5, 5.41) is 9.42. The van der Waals surface area contributed by atoms with Crippen molar-refractivity contribution < 1.29 is 24.2 Å². The van der Waals surface area contributed by atoms with E-state index in [0.29, 0.717) is 53.6 Å². The third-order valence-electron chi connectivity index (χ3n) is 4.25. The van der Waals surface area contributed by atoms with Crippen LogP contribution in [0.5, 0.6) is 11.5 Å². The molecule has 0 aliphatic carbocycles. The molecule has 124 valence electrons. The van der Waals surface area contributed by atoms with Gasteiger partial charge in [-0.25, -0.2) is 4.79 Å². The van der Waals surface area contributed by atoms with E-state index in [2.05, 4.69) is 15.9 Å². The van der Waals surface area contributed by atoms with E-state index in [1.165, 1.54) is 4.90 Å². The van der Waals surface area contributed by atoms with Crippen molar-refractivity contribution in [1.29, 1.82) is 0 Å². The quantitative estimate of drug-likeness (QED) is 0.848. The molecule has 3 rings (SSSR count). The van der Waals surface area contributed by atoms with Gasteiger partial charge in [0, 0.05) is 12.1 Å². The Morgan fingerprint density at radius 3 is 2.78 bits per heavy atom. The molecular weight excluding hydrogens is 366 g/mol. The SMILES string of the molecule is CC1CCN(C(=O)c2cc(Br)c3c(c2)OCCO3)C(C(=O)O)C1. The van der Waals surface area contributed by atoms with Crippen LogP contribution in [0.25, 0.3) is 0 Å². The predicted octanol–water partition coefficient (Wildman–Crippen LogP) is 2.55. The number of carboxylic acid groups (broad SMARTS) is 1. The number of likely N-dealkylation sites (tertiary alicyclic amines) is 1. The molecule has 1 saturated heterocycles. The second-order valence-corrected chi connectivity index (χ2v) is 6.82. The highest BCUT2D eigenvalue weighted by Gasteiger charge is 2.35. The van der Waals surface area contributed by atoms with Crippen molar-refractivity contribution in [3.8, 4) is 11.5 Å². The molecule has 1 aromatic carbocycles. The number of amides is 1. The van der Waals surface area contributed by atoms with Crippen LogP contribution in [0.15, 0.2) is 16.6 Å². The molecule has 0 spiro atoms. The third-order valence-corrected chi connectivity index (χ3v) is 4.84. The summed E-state index contributed by atoms with van der Waals surface area (Å²) >= 11 is 3.39. The highest BCUT2D eigenvalue weighted by atomic mass is 79.9. The first-order valence-electron chi connectivity index (χ1n) is 7.60. The average molecular weight is 384 g/mol. The summed E-state index contributed by atoms with van der Waals surface area (Å²) in [5.41, 5.74) is 0.405. The first-order valence-corrected chi connectivity index (χ1v) is 8.39. The number of fused-ring (bicyclic) bond motifs is 1. The maximum absolute atomic E-state index is 12.8. The number of benzene rings is 1. The molecule has 2 heterocycles. The normalized spacial score (nSPS) is 23.5. The van der Waals surface area contributed by atoms with E-state index in [9.17, 15) is 14.7 Å². The summed E-state index contributed by atoms with van der Waals surface area (Å²) in [6.07, 6.45) is 1.29. The molecule has 23 heavy (non-hydrogen) atoms. The molecule has 2 atom stereocenters. The minimum absolute atomic E-state index is 0.290. The monoisotopic (exact) mass is 383 g/mol. The van der Waals surface area contributed by atoms with Crippen molar-refractivity contribution in [1.82, 2.24) is 4.90 Å². The van der Waals surface area contributed by atoms with Crippen molar-refractivity contribution >= 4 is 27.8 Å². The standard InChI is InChI=1S/C16H18BrNO5/c1-9-2-3-18(12(6-9)16(20)21)15(19)10-7-11(17)14-13(8-10)22-4-5-23-14/h7-9,12H,2-6H2,1H3,(H,20,21). The van der Waals surface area contributed by atoms with Crippen molar-refractivity contribution in [3.63, 3.8) is 0 Å². The van der Waals surface area contributed by atoms with E-state index in [0.717, 1.165) is 6.42 Å². The largest absolute Gasteiger partial charge is 0.486 e. The van der Waals surface area contributed by atoms with Crippen LogP contribution in [0.2, 0.25) is 0 Å². The molecule has 0 saturated carbocycles. The molecule has 1 fully saturated rings. The van der Waals surface area contributed by atoms with Gasteiger partial charge in [0.1, 0.15) is 19.3 Å². The first-order chi connectivity index (χ1) is 11.0. The van der Waals surface area contributed by atoms with Gasteiger partial charge >= 0.3 is 5.97 Å². The molecule has 2 aliphatic heterocycles. The second kappa shape index (κ2) is 6.39. The van der Waals surface area contributed by atoms with Gasteiger partial charge in [-0.3, -0.25) is 4.79 Å². The minimum atomic E-state index is -0.957. The van der Waals surface area contributed by atoms with Crippen LogP contribution in [0.3, 0.4) is 0 Å². The van der Waals surface area contributed by atoms with Gasteiger partial charge in [0.25, 0.3) is 5.91 Å². The topological polar surface area (TPSA) is 76.1 Å². The van der Waals surface area contributed by atoms with Gasteiger partial charge in [0.15, 0.2) is 11.5 Å². The fraction of sp³-hybridized carbons (Fsp3) is 0.500. The summed E-state index contributed by atoms with van der Waals surface area (Å²) in [5.74, 6) is 0.136. The first kappa shape index (κ1) is 16.1. The van der Waals surface area contributed by atoms with Gasteiger partial charge in [-0.15, -0.1) is 0 Å². The van der Waals surface area contributed by atoms with Gasteiger partial charge in [-0.1, -0.05) is 6.92 Å². The van der Waals surface area contributed by atoms with E-state index in [1.54, 1.807) is 12.1 Å². The number of piperidine rings is 1. The zero-order valence-electron chi connectivity index (χ0n) is 12.8. The Labute approximate surface area is 142 Å². The van der Waals surface area contributed by atoms with Gasteiger partial charge < -0.3 is 19.5 Å². The number of hydrogen-bond acceptors (Lipinski definition) is 4.